The minimum absolute atomic E-state index is 0.119. The molecule has 0 unspecified atom stereocenters. The zero-order valence-corrected chi connectivity index (χ0v) is 8.14. The fourth-order valence-electron chi connectivity index (χ4n) is 0.693. The Morgan fingerprint density at radius 1 is 1.77 bits per heavy atom. The van der Waals surface area contributed by atoms with Crippen LogP contribution in [0.4, 0.5) is 5.95 Å². The van der Waals surface area contributed by atoms with Gasteiger partial charge in [-0.2, -0.15) is 16.7 Å². The van der Waals surface area contributed by atoms with E-state index >= 15 is 0 Å². The van der Waals surface area contributed by atoms with Gasteiger partial charge in [0.25, 0.3) is 0 Å². The monoisotopic (exact) mass is 202 g/mol. The summed E-state index contributed by atoms with van der Waals surface area (Å²) in [5.74, 6) is 0.574. The Morgan fingerprint density at radius 2 is 2.54 bits per heavy atom. The highest BCUT2D eigenvalue weighted by Crippen LogP contribution is 2.04. The number of ether oxygens (including phenoxy) is 1. The number of anilines is 1. The van der Waals surface area contributed by atoms with Gasteiger partial charge in [-0.15, -0.1) is 5.10 Å². The van der Waals surface area contributed by atoms with E-state index in [1.165, 1.54) is 18.9 Å². The molecule has 7 heteroatoms. The second-order valence-electron chi connectivity index (χ2n) is 2.15. The van der Waals surface area contributed by atoms with Crippen molar-refractivity contribution in [3.8, 4) is 6.01 Å². The van der Waals surface area contributed by atoms with Crippen molar-refractivity contribution in [3.05, 3.63) is 0 Å². The van der Waals surface area contributed by atoms with Gasteiger partial charge in [-0.1, -0.05) is 0 Å². The number of thioether (sulfide) groups is 1. The van der Waals surface area contributed by atoms with Crippen LogP contribution in [-0.4, -0.2) is 40.2 Å². The molecular weight excluding hydrogens is 192 g/mol. The van der Waals surface area contributed by atoms with Crippen molar-refractivity contribution in [3.63, 3.8) is 0 Å². The second kappa shape index (κ2) is 4.70. The van der Waals surface area contributed by atoms with E-state index in [1.54, 1.807) is 0 Å². The number of hydrogen-bond donors (Lipinski definition) is 2. The van der Waals surface area contributed by atoms with Crippen LogP contribution in [0.25, 0.3) is 0 Å². The van der Waals surface area contributed by atoms with Crippen LogP contribution in [0, 0.1) is 0 Å². The second-order valence-corrected chi connectivity index (χ2v) is 3.02. The number of H-pyrrole nitrogens is 1. The summed E-state index contributed by atoms with van der Waals surface area (Å²) in [4.78, 5) is 14.9. The van der Waals surface area contributed by atoms with Crippen molar-refractivity contribution >= 4 is 23.6 Å². The van der Waals surface area contributed by atoms with Crippen LogP contribution in [-0.2, 0) is 4.79 Å². The molecule has 0 saturated heterocycles. The van der Waals surface area contributed by atoms with E-state index in [4.69, 9.17) is 4.74 Å². The summed E-state index contributed by atoms with van der Waals surface area (Å²) in [6, 6.07) is 0.208. The highest BCUT2D eigenvalue weighted by molar-refractivity contribution is 7.99. The normalized spacial score (nSPS) is 9.69. The van der Waals surface area contributed by atoms with Gasteiger partial charge in [0.15, 0.2) is 0 Å². The van der Waals surface area contributed by atoms with Crippen molar-refractivity contribution in [2.75, 3.05) is 24.4 Å². The molecule has 0 aliphatic heterocycles. The number of carbonyl (C=O) groups excluding carboxylic acids is 1. The number of nitrogens with zero attached hydrogens (tertiary/aromatic N) is 2. The Labute approximate surface area is 79.5 Å². The molecule has 0 bridgehead atoms. The lowest BCUT2D eigenvalue weighted by atomic mass is 10.7. The molecule has 1 rings (SSSR count). The molecule has 1 aromatic rings. The first-order valence-corrected chi connectivity index (χ1v) is 4.91. The number of aromatic nitrogens is 3. The first kappa shape index (κ1) is 9.85. The molecule has 1 heterocycles. The minimum Gasteiger partial charge on any atom is -0.466 e. The highest BCUT2D eigenvalue weighted by atomic mass is 32.2. The Bertz CT molecular complexity index is 288. The number of nitrogens with one attached hydrogen (secondary N) is 2. The quantitative estimate of drug-likeness (QED) is 0.724. The van der Waals surface area contributed by atoms with Crippen molar-refractivity contribution in [2.24, 2.45) is 0 Å². The SMILES string of the molecule is COc1n[nH]c(NC(=O)CSC)n1. The third kappa shape index (κ3) is 2.94. The van der Waals surface area contributed by atoms with Gasteiger partial charge < -0.3 is 4.74 Å². The Balaban J connectivity index is 2.49. The van der Waals surface area contributed by atoms with E-state index in [0.29, 0.717) is 11.7 Å². The number of amides is 1. The van der Waals surface area contributed by atoms with Crippen molar-refractivity contribution in [1.29, 1.82) is 0 Å². The number of aromatic amines is 1. The zero-order valence-electron chi connectivity index (χ0n) is 7.33. The van der Waals surface area contributed by atoms with Gasteiger partial charge in [0, 0.05) is 0 Å². The molecule has 72 valence electrons. The third-order valence-electron chi connectivity index (χ3n) is 1.18. The van der Waals surface area contributed by atoms with Gasteiger partial charge in [-0.25, -0.2) is 5.10 Å². The average Bonchev–Trinajstić information content (AvgIpc) is 2.52. The maximum Gasteiger partial charge on any atom is 0.336 e. The topological polar surface area (TPSA) is 79.9 Å². The highest BCUT2D eigenvalue weighted by Gasteiger charge is 2.05. The fourth-order valence-corrected chi connectivity index (χ4v) is 1.03. The van der Waals surface area contributed by atoms with E-state index in [0.717, 1.165) is 0 Å². The summed E-state index contributed by atoms with van der Waals surface area (Å²) in [6.07, 6.45) is 1.85. The molecule has 2 N–H and O–H groups in total. The number of carbonyl (C=O) groups is 1. The maximum atomic E-state index is 11.0. The zero-order chi connectivity index (χ0) is 9.68. The number of hydrogen-bond acceptors (Lipinski definition) is 5. The van der Waals surface area contributed by atoms with Crippen LogP contribution >= 0.6 is 11.8 Å². The van der Waals surface area contributed by atoms with E-state index in [2.05, 4.69) is 20.5 Å². The van der Waals surface area contributed by atoms with E-state index in [-0.39, 0.29) is 11.9 Å². The molecule has 0 aromatic carbocycles. The van der Waals surface area contributed by atoms with Gasteiger partial charge in [-0.05, 0) is 6.26 Å². The Kier molecular flexibility index (Phi) is 3.56. The van der Waals surface area contributed by atoms with Crippen LogP contribution in [0.3, 0.4) is 0 Å². The predicted octanol–water partition coefficient (Wildman–Crippen LogP) is 0.115. The van der Waals surface area contributed by atoms with Gasteiger partial charge >= 0.3 is 6.01 Å². The van der Waals surface area contributed by atoms with Crippen molar-refractivity contribution in [1.82, 2.24) is 15.2 Å². The lowest BCUT2D eigenvalue weighted by Crippen LogP contribution is -2.14. The summed E-state index contributed by atoms with van der Waals surface area (Å²) >= 11 is 1.44. The smallest absolute Gasteiger partial charge is 0.336 e. The van der Waals surface area contributed by atoms with Gasteiger partial charge in [-0.3, -0.25) is 10.1 Å². The van der Waals surface area contributed by atoms with Crippen LogP contribution in [0.1, 0.15) is 0 Å². The summed E-state index contributed by atoms with van der Waals surface area (Å²) in [6.45, 7) is 0. The van der Waals surface area contributed by atoms with Crippen molar-refractivity contribution < 1.29 is 9.53 Å². The van der Waals surface area contributed by atoms with Gasteiger partial charge in [0.05, 0.1) is 12.9 Å². The van der Waals surface area contributed by atoms with E-state index < -0.39 is 0 Å². The molecule has 0 fully saturated rings. The molecule has 13 heavy (non-hydrogen) atoms. The predicted molar refractivity (Wildman–Crippen MR) is 49.9 cm³/mol. The van der Waals surface area contributed by atoms with E-state index in [1.807, 2.05) is 6.26 Å². The number of rotatable bonds is 4. The van der Waals surface area contributed by atoms with Crippen LogP contribution < -0.4 is 10.1 Å². The molecular formula is C6H10N4O2S. The van der Waals surface area contributed by atoms with Gasteiger partial charge in [0.1, 0.15) is 0 Å². The molecule has 1 amide bonds. The summed E-state index contributed by atoms with van der Waals surface area (Å²) < 4.78 is 4.73. The third-order valence-corrected chi connectivity index (χ3v) is 1.73. The molecule has 6 nitrogen and oxygen atoms in total. The molecule has 0 atom stereocenters. The van der Waals surface area contributed by atoms with E-state index in [9.17, 15) is 4.79 Å². The lowest BCUT2D eigenvalue weighted by Gasteiger charge is -1.96. The largest absolute Gasteiger partial charge is 0.466 e. The fraction of sp³-hybridized carbons (Fsp3) is 0.500. The number of methoxy groups -OCH3 is 1. The van der Waals surface area contributed by atoms with Crippen LogP contribution in [0.2, 0.25) is 0 Å². The molecule has 0 aliphatic carbocycles. The maximum absolute atomic E-state index is 11.0. The standard InChI is InChI=1S/C6H10N4O2S/c1-12-6-8-5(9-10-6)7-4(11)3-13-2/h3H2,1-2H3,(H2,7,8,9,10,11). The van der Waals surface area contributed by atoms with Crippen LogP contribution in [0.15, 0.2) is 0 Å². The Morgan fingerprint density at radius 3 is 3.08 bits per heavy atom. The molecule has 0 spiro atoms. The summed E-state index contributed by atoms with van der Waals surface area (Å²) in [5.41, 5.74) is 0. The molecule has 0 radical (unpaired) electrons. The average molecular weight is 202 g/mol. The molecule has 1 aromatic heterocycles. The summed E-state index contributed by atoms with van der Waals surface area (Å²) in [7, 11) is 1.46. The summed E-state index contributed by atoms with van der Waals surface area (Å²) in [5, 5.41) is 8.72. The molecule has 0 aliphatic rings. The Hall–Kier alpha value is -1.24. The molecule has 0 saturated carbocycles. The first-order chi connectivity index (χ1) is 6.26. The van der Waals surface area contributed by atoms with Gasteiger partial charge in [0.2, 0.25) is 11.9 Å². The van der Waals surface area contributed by atoms with Crippen molar-refractivity contribution in [2.45, 2.75) is 0 Å². The first-order valence-electron chi connectivity index (χ1n) is 3.51. The van der Waals surface area contributed by atoms with Crippen LogP contribution in [0.5, 0.6) is 6.01 Å². The minimum atomic E-state index is -0.119. The lowest BCUT2D eigenvalue weighted by molar-refractivity contribution is -0.113.